The zero-order valence-corrected chi connectivity index (χ0v) is 16.2. The second kappa shape index (κ2) is 7.86. The van der Waals surface area contributed by atoms with Crippen molar-refractivity contribution in [3.8, 4) is 17.0 Å². The molecule has 3 heterocycles. The Labute approximate surface area is 170 Å². The molecule has 2 atom stereocenters. The molecule has 2 N–H and O–H groups in total. The van der Waals surface area contributed by atoms with Gasteiger partial charge in [0, 0.05) is 30.8 Å². The predicted molar refractivity (Wildman–Crippen MR) is 101 cm³/mol. The maximum absolute atomic E-state index is 13.7. The first-order chi connectivity index (χ1) is 14.3. The largest absolute Gasteiger partial charge is 0.431 e. The lowest BCUT2D eigenvalue weighted by Crippen LogP contribution is -2.45. The average Bonchev–Trinajstić information content (AvgIpc) is 3.37. The summed E-state index contributed by atoms with van der Waals surface area (Å²) in [6.07, 6.45) is 1.80. The number of nitrogens with two attached hydrogens (primary N) is 1. The lowest BCUT2D eigenvalue weighted by Gasteiger charge is -2.36. The Balaban J connectivity index is 1.77. The molecule has 2 fully saturated rings. The Morgan fingerprint density at radius 2 is 2.10 bits per heavy atom. The smallest absolute Gasteiger partial charge is 0.387 e. The van der Waals surface area contributed by atoms with Crippen molar-refractivity contribution in [2.75, 3.05) is 30.4 Å². The van der Waals surface area contributed by atoms with Gasteiger partial charge in [0.25, 0.3) is 5.92 Å². The molecule has 0 radical (unpaired) electrons. The lowest BCUT2D eigenvalue weighted by molar-refractivity contribution is -0.0494. The van der Waals surface area contributed by atoms with E-state index in [9.17, 15) is 17.6 Å². The highest BCUT2D eigenvalue weighted by atomic mass is 19.3. The van der Waals surface area contributed by atoms with Crippen LogP contribution in [0.2, 0.25) is 0 Å². The zero-order valence-electron chi connectivity index (χ0n) is 16.2. The maximum Gasteiger partial charge on any atom is 0.387 e. The number of ether oxygens (including phenoxy) is 2. The summed E-state index contributed by atoms with van der Waals surface area (Å²) in [5.74, 6) is -3.94. The summed E-state index contributed by atoms with van der Waals surface area (Å²) >= 11 is 0. The Hall–Kier alpha value is -2.69. The van der Waals surface area contributed by atoms with Crippen LogP contribution in [0, 0.1) is 0 Å². The monoisotopic (exact) mass is 427 g/mol. The highest BCUT2D eigenvalue weighted by Gasteiger charge is 2.59. The number of hydrogen-bond donors (Lipinski definition) is 1. The SMILES string of the molecule is CC[C@H]1COCCN1c1cc(-c2cnc(N)c(OC(F)F)c2)nc(C2CC2(F)F)n1. The minimum atomic E-state index is -3.08. The molecule has 0 amide bonds. The van der Waals surface area contributed by atoms with Crippen LogP contribution in [0.3, 0.4) is 0 Å². The van der Waals surface area contributed by atoms with Gasteiger partial charge in [0.2, 0.25) is 0 Å². The van der Waals surface area contributed by atoms with Crippen LogP contribution in [0.1, 0.15) is 31.5 Å². The first-order valence-corrected chi connectivity index (χ1v) is 9.60. The normalized spacial score (nSPS) is 22.9. The second-order valence-electron chi connectivity index (χ2n) is 7.30. The third-order valence-corrected chi connectivity index (χ3v) is 5.25. The Kier molecular flexibility index (Phi) is 5.39. The summed E-state index contributed by atoms with van der Waals surface area (Å²) in [5.41, 5.74) is 6.20. The maximum atomic E-state index is 13.7. The molecule has 2 aromatic rings. The second-order valence-corrected chi connectivity index (χ2v) is 7.30. The summed E-state index contributed by atoms with van der Waals surface area (Å²) in [6, 6.07) is 2.94. The number of halogens is 4. The number of anilines is 2. The van der Waals surface area contributed by atoms with Gasteiger partial charge in [0.15, 0.2) is 11.6 Å². The fraction of sp³-hybridized carbons (Fsp3) is 0.526. The number of alkyl halides is 4. The molecule has 1 saturated heterocycles. The summed E-state index contributed by atoms with van der Waals surface area (Å²) < 4.78 is 62.7. The lowest BCUT2D eigenvalue weighted by atomic mass is 10.1. The molecule has 0 bridgehead atoms. The minimum absolute atomic E-state index is 0.0157. The summed E-state index contributed by atoms with van der Waals surface area (Å²) in [6.45, 7) is 0.461. The van der Waals surface area contributed by atoms with Crippen LogP contribution in [0.4, 0.5) is 29.2 Å². The molecule has 1 saturated carbocycles. The van der Waals surface area contributed by atoms with Crippen molar-refractivity contribution in [3.63, 3.8) is 0 Å². The van der Waals surface area contributed by atoms with Gasteiger partial charge in [0.1, 0.15) is 11.6 Å². The Morgan fingerprint density at radius 1 is 1.33 bits per heavy atom. The molecule has 4 rings (SSSR count). The van der Waals surface area contributed by atoms with Gasteiger partial charge in [-0.2, -0.15) is 8.78 Å². The molecule has 2 aliphatic rings. The minimum Gasteiger partial charge on any atom is -0.431 e. The van der Waals surface area contributed by atoms with Crippen LogP contribution in [0.25, 0.3) is 11.3 Å². The molecule has 30 heavy (non-hydrogen) atoms. The number of aromatic nitrogens is 3. The third-order valence-electron chi connectivity index (χ3n) is 5.25. The van der Waals surface area contributed by atoms with Crippen molar-refractivity contribution in [1.82, 2.24) is 15.0 Å². The van der Waals surface area contributed by atoms with Gasteiger partial charge in [-0.3, -0.25) is 0 Å². The van der Waals surface area contributed by atoms with Crippen molar-refractivity contribution in [3.05, 3.63) is 24.2 Å². The van der Waals surface area contributed by atoms with Crippen molar-refractivity contribution in [2.24, 2.45) is 0 Å². The van der Waals surface area contributed by atoms with Gasteiger partial charge in [-0.25, -0.2) is 23.7 Å². The summed E-state index contributed by atoms with van der Waals surface area (Å²) in [5, 5.41) is 0. The van der Waals surface area contributed by atoms with Crippen LogP contribution in [0.5, 0.6) is 5.75 Å². The molecule has 7 nitrogen and oxygen atoms in total. The fourth-order valence-corrected chi connectivity index (χ4v) is 3.48. The highest BCUT2D eigenvalue weighted by Crippen LogP contribution is 2.55. The quantitative estimate of drug-likeness (QED) is 0.707. The van der Waals surface area contributed by atoms with E-state index in [2.05, 4.69) is 19.7 Å². The van der Waals surface area contributed by atoms with Crippen LogP contribution in [0.15, 0.2) is 18.3 Å². The molecule has 0 aromatic carbocycles. The Bertz CT molecular complexity index is 930. The molecule has 1 unspecified atom stereocenters. The van der Waals surface area contributed by atoms with E-state index in [1.54, 1.807) is 6.07 Å². The zero-order chi connectivity index (χ0) is 21.5. The van der Waals surface area contributed by atoms with E-state index >= 15 is 0 Å². The predicted octanol–water partition coefficient (Wildman–Crippen LogP) is 3.46. The third kappa shape index (κ3) is 4.11. The van der Waals surface area contributed by atoms with E-state index < -0.39 is 18.5 Å². The molecule has 162 valence electrons. The van der Waals surface area contributed by atoms with Gasteiger partial charge in [0.05, 0.1) is 30.9 Å². The van der Waals surface area contributed by atoms with Crippen molar-refractivity contribution < 1.29 is 27.0 Å². The van der Waals surface area contributed by atoms with Crippen molar-refractivity contribution in [2.45, 2.75) is 44.3 Å². The van der Waals surface area contributed by atoms with Gasteiger partial charge in [-0.1, -0.05) is 6.92 Å². The van der Waals surface area contributed by atoms with Crippen LogP contribution in [-0.2, 0) is 4.74 Å². The number of hydrogen-bond acceptors (Lipinski definition) is 7. The first kappa shape index (κ1) is 20.6. The van der Waals surface area contributed by atoms with Crippen LogP contribution in [-0.4, -0.2) is 53.3 Å². The molecule has 1 aliphatic heterocycles. The average molecular weight is 427 g/mol. The number of pyridine rings is 1. The van der Waals surface area contributed by atoms with Gasteiger partial charge in [-0.15, -0.1) is 0 Å². The molecule has 0 spiro atoms. The number of nitrogen functional groups attached to an aromatic ring is 1. The van der Waals surface area contributed by atoms with Crippen molar-refractivity contribution >= 4 is 11.6 Å². The Morgan fingerprint density at radius 3 is 2.77 bits per heavy atom. The van der Waals surface area contributed by atoms with E-state index in [1.165, 1.54) is 12.3 Å². The van der Waals surface area contributed by atoms with E-state index in [-0.39, 0.29) is 35.5 Å². The molecular formula is C19H21F4N5O2. The molecule has 11 heteroatoms. The summed E-state index contributed by atoms with van der Waals surface area (Å²) in [7, 11) is 0. The van der Waals surface area contributed by atoms with Crippen LogP contribution < -0.4 is 15.4 Å². The molecule has 2 aromatic heterocycles. The van der Waals surface area contributed by atoms with E-state index in [0.717, 1.165) is 6.42 Å². The number of morpholine rings is 1. The first-order valence-electron chi connectivity index (χ1n) is 9.60. The van der Waals surface area contributed by atoms with Gasteiger partial charge < -0.3 is 20.1 Å². The van der Waals surface area contributed by atoms with E-state index in [1.807, 2.05) is 11.8 Å². The van der Waals surface area contributed by atoms with Crippen LogP contribution >= 0.6 is 0 Å². The highest BCUT2D eigenvalue weighted by molar-refractivity contribution is 5.67. The number of nitrogens with zero attached hydrogens (tertiary/aromatic N) is 4. The van der Waals surface area contributed by atoms with Gasteiger partial charge in [-0.05, 0) is 12.5 Å². The van der Waals surface area contributed by atoms with E-state index in [4.69, 9.17) is 10.5 Å². The number of rotatable bonds is 6. The topological polar surface area (TPSA) is 86.4 Å². The molecular weight excluding hydrogens is 406 g/mol. The van der Waals surface area contributed by atoms with Crippen molar-refractivity contribution in [1.29, 1.82) is 0 Å². The van der Waals surface area contributed by atoms with E-state index in [0.29, 0.717) is 31.1 Å². The molecule has 1 aliphatic carbocycles. The standard InChI is InChI=1S/C19H21F4N5O2/c1-2-11-9-29-4-3-28(11)15-6-13(26-17(27-15)12-7-19(12,22)23)10-5-14(30-18(20)21)16(24)25-8-10/h5-6,8,11-12,18H,2-4,7,9H2,1H3,(H2,24,25)/t11-,12?/m0/s1. The van der Waals surface area contributed by atoms with Gasteiger partial charge >= 0.3 is 6.61 Å². The fourth-order valence-electron chi connectivity index (χ4n) is 3.48. The summed E-state index contributed by atoms with van der Waals surface area (Å²) in [4.78, 5) is 14.6.